The quantitative estimate of drug-likeness (QED) is 0.375. The molecule has 2 saturated heterocycles. The van der Waals surface area contributed by atoms with E-state index in [0.717, 1.165) is 11.1 Å². The van der Waals surface area contributed by atoms with Crippen molar-refractivity contribution in [3.8, 4) is 0 Å². The summed E-state index contributed by atoms with van der Waals surface area (Å²) in [6.45, 7) is 7.06. The summed E-state index contributed by atoms with van der Waals surface area (Å²) < 4.78 is 0. The van der Waals surface area contributed by atoms with E-state index in [1.807, 2.05) is 0 Å². The highest BCUT2D eigenvalue weighted by Crippen LogP contribution is 2.04. The fraction of sp³-hybridized carbons (Fsp3) is 0.333. The molecule has 108 valence electrons. The molecular formula is C12H16N4O4. The Morgan fingerprint density at radius 1 is 0.600 bits per heavy atom. The first-order chi connectivity index (χ1) is 9.22. The van der Waals surface area contributed by atoms with Crippen molar-refractivity contribution in [1.29, 1.82) is 0 Å². The number of urea groups is 2. The molecule has 8 nitrogen and oxygen atoms in total. The molecule has 8 heteroatoms. The number of hydrogen-bond acceptors (Lipinski definition) is 4. The molecule has 0 atom stereocenters. The molecule has 0 saturated carbocycles. The second-order valence-corrected chi connectivity index (χ2v) is 4.57. The third kappa shape index (κ3) is 3.67. The third-order valence-electron chi connectivity index (χ3n) is 2.39. The number of nitrogens with one attached hydrogen (secondary N) is 4. The average Bonchev–Trinajstić information content (AvgIpc) is 2.82. The van der Waals surface area contributed by atoms with Crippen LogP contribution in [0.3, 0.4) is 0 Å². The van der Waals surface area contributed by atoms with E-state index >= 15 is 0 Å². The van der Waals surface area contributed by atoms with E-state index < -0.39 is 12.1 Å². The van der Waals surface area contributed by atoms with E-state index in [-0.39, 0.29) is 11.8 Å². The van der Waals surface area contributed by atoms with Crippen molar-refractivity contribution in [2.75, 3.05) is 0 Å². The van der Waals surface area contributed by atoms with Crippen LogP contribution >= 0.6 is 0 Å². The predicted octanol–water partition coefficient (Wildman–Crippen LogP) is 0.239. The lowest BCUT2D eigenvalue weighted by Crippen LogP contribution is -2.22. The number of rotatable bonds is 0. The molecular weight excluding hydrogens is 264 g/mol. The summed E-state index contributed by atoms with van der Waals surface area (Å²) in [4.78, 5) is 42.5. The summed E-state index contributed by atoms with van der Waals surface area (Å²) in [6.07, 6.45) is 0. The van der Waals surface area contributed by atoms with Gasteiger partial charge in [0.2, 0.25) is 0 Å². The van der Waals surface area contributed by atoms with Crippen LogP contribution in [0.1, 0.15) is 27.7 Å². The number of carbonyl (C=O) groups excluding carboxylic acids is 4. The molecule has 0 unspecified atom stereocenters. The van der Waals surface area contributed by atoms with Crippen molar-refractivity contribution in [2.24, 2.45) is 0 Å². The predicted molar refractivity (Wildman–Crippen MR) is 70.1 cm³/mol. The average molecular weight is 280 g/mol. The van der Waals surface area contributed by atoms with E-state index in [1.165, 1.54) is 0 Å². The van der Waals surface area contributed by atoms with Crippen LogP contribution in [0.25, 0.3) is 0 Å². The van der Waals surface area contributed by atoms with Gasteiger partial charge in [-0.3, -0.25) is 20.2 Å². The second kappa shape index (κ2) is 6.00. The first-order valence-electron chi connectivity index (χ1n) is 5.82. The first kappa shape index (κ1) is 15.4. The highest BCUT2D eigenvalue weighted by Gasteiger charge is 2.24. The smallest absolute Gasteiger partial charge is 0.303 e. The van der Waals surface area contributed by atoms with Gasteiger partial charge in [-0.25, -0.2) is 9.59 Å². The minimum atomic E-state index is -0.443. The van der Waals surface area contributed by atoms with Crippen LogP contribution in [-0.2, 0) is 9.59 Å². The van der Waals surface area contributed by atoms with Gasteiger partial charge in [0.05, 0.1) is 0 Å². The largest absolute Gasteiger partial charge is 0.326 e. The highest BCUT2D eigenvalue weighted by atomic mass is 16.2. The Kier molecular flexibility index (Phi) is 4.63. The van der Waals surface area contributed by atoms with Gasteiger partial charge in [0.25, 0.3) is 11.8 Å². The normalized spacial score (nSPS) is 16.8. The molecule has 0 aromatic rings. The maximum Gasteiger partial charge on any atom is 0.326 e. The summed E-state index contributed by atoms with van der Waals surface area (Å²) in [5.41, 5.74) is 2.35. The second-order valence-electron chi connectivity index (χ2n) is 4.57. The number of hydrogen-bond donors (Lipinski definition) is 4. The van der Waals surface area contributed by atoms with Gasteiger partial charge in [0.1, 0.15) is 11.4 Å². The lowest BCUT2D eigenvalue weighted by molar-refractivity contribution is -0.116. The Hall–Kier alpha value is -2.64. The Balaban J connectivity index is 0.000000200. The van der Waals surface area contributed by atoms with Crippen LogP contribution < -0.4 is 21.3 Å². The van der Waals surface area contributed by atoms with E-state index in [9.17, 15) is 19.2 Å². The molecule has 0 aliphatic carbocycles. The highest BCUT2D eigenvalue weighted by molar-refractivity contribution is 6.12. The summed E-state index contributed by atoms with van der Waals surface area (Å²) in [6, 6.07) is -0.887. The maximum absolute atomic E-state index is 10.8. The van der Waals surface area contributed by atoms with Crippen LogP contribution in [0.4, 0.5) is 9.59 Å². The van der Waals surface area contributed by atoms with E-state index in [4.69, 9.17) is 0 Å². The van der Waals surface area contributed by atoms with Gasteiger partial charge >= 0.3 is 12.1 Å². The van der Waals surface area contributed by atoms with E-state index in [1.54, 1.807) is 27.7 Å². The lowest BCUT2D eigenvalue weighted by atomic mass is 10.2. The number of carbonyl (C=O) groups is 4. The molecule has 6 amide bonds. The zero-order valence-corrected chi connectivity index (χ0v) is 11.6. The van der Waals surface area contributed by atoms with Crippen LogP contribution in [0.15, 0.2) is 22.5 Å². The minimum absolute atomic E-state index is 0.343. The maximum atomic E-state index is 10.8. The van der Waals surface area contributed by atoms with Crippen LogP contribution in [0.5, 0.6) is 0 Å². The van der Waals surface area contributed by atoms with Crippen molar-refractivity contribution >= 4 is 23.9 Å². The van der Waals surface area contributed by atoms with Crippen LogP contribution in [0.2, 0.25) is 0 Å². The van der Waals surface area contributed by atoms with Crippen molar-refractivity contribution in [1.82, 2.24) is 21.3 Å². The first-order valence-corrected chi connectivity index (χ1v) is 5.82. The van der Waals surface area contributed by atoms with Gasteiger partial charge < -0.3 is 10.6 Å². The zero-order valence-electron chi connectivity index (χ0n) is 11.6. The molecule has 0 aromatic heterocycles. The van der Waals surface area contributed by atoms with Gasteiger partial charge in [-0.2, -0.15) is 0 Å². The molecule has 4 N–H and O–H groups in total. The number of imide groups is 2. The number of allylic oxidation sites excluding steroid dienone is 2. The third-order valence-corrected chi connectivity index (χ3v) is 2.39. The molecule has 2 aliphatic rings. The molecule has 0 bridgehead atoms. The monoisotopic (exact) mass is 280 g/mol. The molecule has 0 spiro atoms. The Labute approximate surface area is 115 Å². The summed E-state index contributed by atoms with van der Waals surface area (Å²) in [5.74, 6) is -0.685. The molecule has 2 aliphatic heterocycles. The van der Waals surface area contributed by atoms with E-state index in [0.29, 0.717) is 11.4 Å². The summed E-state index contributed by atoms with van der Waals surface area (Å²) >= 11 is 0. The van der Waals surface area contributed by atoms with Gasteiger partial charge in [0.15, 0.2) is 0 Å². The van der Waals surface area contributed by atoms with Gasteiger partial charge in [-0.05, 0) is 38.8 Å². The van der Waals surface area contributed by atoms with Crippen molar-refractivity contribution < 1.29 is 19.2 Å². The zero-order chi connectivity index (χ0) is 15.4. The van der Waals surface area contributed by atoms with Crippen molar-refractivity contribution in [3.63, 3.8) is 0 Å². The molecule has 2 fully saturated rings. The van der Waals surface area contributed by atoms with Crippen LogP contribution in [0, 0.1) is 0 Å². The molecule has 2 rings (SSSR count). The Morgan fingerprint density at radius 3 is 1.00 bits per heavy atom. The SMILES string of the molecule is CC(C)=C1NC(=O)NC1=O.CC(C)=C1NC(=O)NC1=O. The topological polar surface area (TPSA) is 116 Å². The standard InChI is InChI=1S/2C6H8N2O2/c2*1-3(2)4-5(9)8-6(10)7-4/h2*1-2H3,(H2,7,8,9,10). The number of amides is 6. The van der Waals surface area contributed by atoms with E-state index in [2.05, 4.69) is 21.3 Å². The Bertz CT molecular complexity index is 502. The van der Waals surface area contributed by atoms with Crippen LogP contribution in [-0.4, -0.2) is 23.9 Å². The van der Waals surface area contributed by atoms with Crippen molar-refractivity contribution in [2.45, 2.75) is 27.7 Å². The molecule has 2 heterocycles. The Morgan fingerprint density at radius 2 is 0.900 bits per heavy atom. The summed E-state index contributed by atoms with van der Waals surface area (Å²) in [7, 11) is 0. The van der Waals surface area contributed by atoms with Gasteiger partial charge in [-0.15, -0.1) is 0 Å². The fourth-order valence-corrected chi connectivity index (χ4v) is 1.44. The fourth-order valence-electron chi connectivity index (χ4n) is 1.44. The lowest BCUT2D eigenvalue weighted by Gasteiger charge is -1.93. The molecule has 0 radical (unpaired) electrons. The van der Waals surface area contributed by atoms with Gasteiger partial charge in [-0.1, -0.05) is 0 Å². The summed E-state index contributed by atoms with van der Waals surface area (Å²) in [5, 5.41) is 8.97. The van der Waals surface area contributed by atoms with Crippen molar-refractivity contribution in [3.05, 3.63) is 22.5 Å². The molecule has 20 heavy (non-hydrogen) atoms. The minimum Gasteiger partial charge on any atom is -0.303 e. The molecule has 0 aromatic carbocycles. The van der Waals surface area contributed by atoms with Gasteiger partial charge in [0, 0.05) is 0 Å².